The van der Waals surface area contributed by atoms with Gasteiger partial charge in [0.15, 0.2) is 0 Å². The molecule has 0 radical (unpaired) electrons. The number of rotatable bonds is 5. The lowest BCUT2D eigenvalue weighted by Gasteiger charge is -2.35. The summed E-state index contributed by atoms with van der Waals surface area (Å²) in [6.07, 6.45) is 5.97. The van der Waals surface area contributed by atoms with Crippen LogP contribution in [0.5, 0.6) is 5.75 Å². The molecule has 4 rings (SSSR count). The second kappa shape index (κ2) is 8.13. The van der Waals surface area contributed by atoms with Crippen molar-refractivity contribution < 1.29 is 14.7 Å². The maximum Gasteiger partial charge on any atom is 0.232 e. The number of hydrogen-bond donors (Lipinski definition) is 1. The van der Waals surface area contributed by atoms with E-state index in [9.17, 15) is 14.7 Å². The lowest BCUT2D eigenvalue weighted by Crippen LogP contribution is -2.51. The van der Waals surface area contributed by atoms with Gasteiger partial charge < -0.3 is 14.9 Å². The van der Waals surface area contributed by atoms with E-state index in [4.69, 9.17) is 0 Å². The molecule has 2 amide bonds. The van der Waals surface area contributed by atoms with Crippen LogP contribution in [-0.4, -0.2) is 63.9 Å². The van der Waals surface area contributed by atoms with Crippen LogP contribution in [0.2, 0.25) is 0 Å². The van der Waals surface area contributed by atoms with Crippen LogP contribution in [0, 0.1) is 5.92 Å². The van der Waals surface area contributed by atoms with Crippen molar-refractivity contribution in [1.82, 2.24) is 9.80 Å². The highest BCUT2D eigenvalue weighted by molar-refractivity contribution is 8.00. The Hall–Kier alpha value is -1.69. The number of carbonyl (C=O) groups is 2. The molecule has 1 aliphatic heterocycles. The van der Waals surface area contributed by atoms with E-state index in [-0.39, 0.29) is 29.4 Å². The molecule has 0 aromatic heterocycles. The zero-order chi connectivity index (χ0) is 18.8. The zero-order valence-electron chi connectivity index (χ0n) is 15.7. The molecule has 1 aromatic rings. The first-order valence-electron chi connectivity index (χ1n) is 10.1. The van der Waals surface area contributed by atoms with Crippen LogP contribution in [0.25, 0.3) is 0 Å². The highest BCUT2D eigenvalue weighted by Crippen LogP contribution is 2.49. The van der Waals surface area contributed by atoms with Crippen molar-refractivity contribution in [3.8, 4) is 5.75 Å². The van der Waals surface area contributed by atoms with Gasteiger partial charge in [0.05, 0.1) is 5.75 Å². The van der Waals surface area contributed by atoms with Gasteiger partial charge in [-0.3, -0.25) is 9.59 Å². The number of phenols is 1. The summed E-state index contributed by atoms with van der Waals surface area (Å²) < 4.78 is 0. The van der Waals surface area contributed by atoms with Gasteiger partial charge in [-0.05, 0) is 42.9 Å². The molecule has 0 unspecified atom stereocenters. The number of nitrogens with zero attached hydrogens (tertiary/aromatic N) is 2. The Bertz CT molecular complexity index is 696. The maximum absolute atomic E-state index is 12.8. The van der Waals surface area contributed by atoms with Gasteiger partial charge in [-0.15, -0.1) is 11.8 Å². The number of amides is 2. The maximum atomic E-state index is 12.8. The van der Waals surface area contributed by atoms with E-state index in [0.29, 0.717) is 37.2 Å². The van der Waals surface area contributed by atoms with Gasteiger partial charge >= 0.3 is 0 Å². The van der Waals surface area contributed by atoms with Gasteiger partial charge in [0, 0.05) is 37.3 Å². The summed E-state index contributed by atoms with van der Waals surface area (Å²) in [7, 11) is 0. The number of piperazine rings is 1. The first-order chi connectivity index (χ1) is 13.1. The van der Waals surface area contributed by atoms with Crippen molar-refractivity contribution in [3.05, 3.63) is 29.8 Å². The topological polar surface area (TPSA) is 60.9 Å². The molecule has 146 valence electrons. The molecule has 2 aliphatic carbocycles. The lowest BCUT2D eigenvalue weighted by molar-refractivity contribution is -0.139. The van der Waals surface area contributed by atoms with Crippen LogP contribution in [0.3, 0.4) is 0 Å². The molecule has 3 fully saturated rings. The minimum Gasteiger partial charge on any atom is -0.508 e. The fourth-order valence-electron chi connectivity index (χ4n) is 4.34. The van der Waals surface area contributed by atoms with Crippen molar-refractivity contribution in [1.29, 1.82) is 0 Å². The first-order valence-corrected chi connectivity index (χ1v) is 11.1. The van der Waals surface area contributed by atoms with E-state index in [1.807, 2.05) is 33.7 Å². The molecular formula is C21H28N2O3S. The van der Waals surface area contributed by atoms with E-state index in [0.717, 1.165) is 12.0 Å². The molecule has 2 saturated carbocycles. The highest BCUT2D eigenvalue weighted by atomic mass is 32.2. The van der Waals surface area contributed by atoms with Gasteiger partial charge in [0.25, 0.3) is 0 Å². The molecule has 0 bridgehead atoms. The third-order valence-corrected chi connectivity index (χ3v) is 7.45. The minimum atomic E-state index is 0.0342. The van der Waals surface area contributed by atoms with Gasteiger partial charge in [-0.25, -0.2) is 0 Å². The molecule has 1 heterocycles. The van der Waals surface area contributed by atoms with Crippen molar-refractivity contribution in [2.75, 3.05) is 31.9 Å². The number of aromatic hydroxyl groups is 1. The van der Waals surface area contributed by atoms with Crippen molar-refractivity contribution >= 4 is 23.6 Å². The molecule has 1 N–H and O–H groups in total. The summed E-state index contributed by atoms with van der Waals surface area (Å²) >= 11 is 1.81. The van der Waals surface area contributed by atoms with E-state index < -0.39 is 0 Å². The largest absolute Gasteiger partial charge is 0.508 e. The summed E-state index contributed by atoms with van der Waals surface area (Å²) in [5, 5.41) is 10.3. The Morgan fingerprint density at radius 3 is 2.48 bits per heavy atom. The lowest BCUT2D eigenvalue weighted by atomic mass is 10.1. The summed E-state index contributed by atoms with van der Waals surface area (Å²) in [5.41, 5.74) is 1.05. The van der Waals surface area contributed by atoms with Crippen LogP contribution < -0.4 is 0 Å². The summed E-state index contributed by atoms with van der Waals surface area (Å²) in [6.45, 7) is 2.59. The molecule has 2 atom stereocenters. The number of phenolic OH excluding ortho intramolecular Hbond substituents is 1. The predicted molar refractivity (Wildman–Crippen MR) is 107 cm³/mol. The van der Waals surface area contributed by atoms with E-state index in [2.05, 4.69) is 0 Å². The fourth-order valence-corrected chi connectivity index (χ4v) is 5.57. The molecule has 5 nitrogen and oxygen atoms in total. The predicted octanol–water partition coefficient (Wildman–Crippen LogP) is 2.84. The van der Waals surface area contributed by atoms with Crippen LogP contribution in [-0.2, 0) is 9.59 Å². The van der Waals surface area contributed by atoms with Gasteiger partial charge in [0.1, 0.15) is 5.75 Å². The Morgan fingerprint density at radius 1 is 1.07 bits per heavy atom. The zero-order valence-corrected chi connectivity index (χ0v) is 16.5. The van der Waals surface area contributed by atoms with E-state index in [1.165, 1.54) is 25.7 Å². The minimum absolute atomic E-state index is 0.0342. The van der Waals surface area contributed by atoms with Crippen LogP contribution >= 0.6 is 11.8 Å². The van der Waals surface area contributed by atoms with Crippen molar-refractivity contribution in [2.45, 2.75) is 43.3 Å². The average molecular weight is 389 g/mol. The Morgan fingerprint density at radius 2 is 1.78 bits per heavy atom. The van der Waals surface area contributed by atoms with Crippen LogP contribution in [0.4, 0.5) is 0 Å². The molecule has 6 heteroatoms. The van der Waals surface area contributed by atoms with E-state index in [1.54, 1.807) is 12.1 Å². The van der Waals surface area contributed by atoms with Gasteiger partial charge in [-0.2, -0.15) is 0 Å². The van der Waals surface area contributed by atoms with E-state index >= 15 is 0 Å². The van der Waals surface area contributed by atoms with Gasteiger partial charge in [0.2, 0.25) is 11.8 Å². The highest BCUT2D eigenvalue weighted by Gasteiger charge is 2.46. The third-order valence-electron chi connectivity index (χ3n) is 6.09. The molecule has 0 spiro atoms. The Labute approximate surface area is 165 Å². The number of thioether (sulfide) groups is 1. The average Bonchev–Trinajstić information content (AvgIpc) is 3.32. The Balaban J connectivity index is 1.22. The summed E-state index contributed by atoms with van der Waals surface area (Å²) in [6, 6.07) is 7.23. The second-order valence-electron chi connectivity index (χ2n) is 7.97. The molecular weight excluding hydrogens is 360 g/mol. The number of hydrogen-bond acceptors (Lipinski definition) is 4. The first kappa shape index (κ1) is 18.7. The quantitative estimate of drug-likeness (QED) is 0.843. The van der Waals surface area contributed by atoms with Crippen LogP contribution in [0.1, 0.15) is 43.6 Å². The normalized spacial score (nSPS) is 25.6. The number of benzene rings is 1. The summed E-state index contributed by atoms with van der Waals surface area (Å²) in [4.78, 5) is 29.0. The second-order valence-corrected chi connectivity index (χ2v) is 9.26. The number of carbonyl (C=O) groups excluding carboxylic acids is 2. The Kier molecular flexibility index (Phi) is 5.62. The van der Waals surface area contributed by atoms with Gasteiger partial charge in [-0.1, -0.05) is 25.0 Å². The molecule has 1 saturated heterocycles. The fraction of sp³-hybridized carbons (Fsp3) is 0.619. The van der Waals surface area contributed by atoms with Crippen molar-refractivity contribution in [2.24, 2.45) is 5.92 Å². The molecule has 1 aromatic carbocycles. The monoisotopic (exact) mass is 388 g/mol. The third kappa shape index (κ3) is 4.42. The van der Waals surface area contributed by atoms with Crippen LogP contribution in [0.15, 0.2) is 24.3 Å². The summed E-state index contributed by atoms with van der Waals surface area (Å²) in [5.74, 6) is 1.53. The standard InChI is InChI=1S/C21H28N2O3S/c24-16-5-3-4-15(12-16)18-13-19(18)21(26)23-10-8-22(9-11-23)20(25)14-27-17-6-1-2-7-17/h3-5,12,17-19,24H,1-2,6-11,13-14H2/t18-,19+/m1/s1. The smallest absolute Gasteiger partial charge is 0.232 e. The molecule has 27 heavy (non-hydrogen) atoms. The van der Waals surface area contributed by atoms with Crippen molar-refractivity contribution in [3.63, 3.8) is 0 Å². The SMILES string of the molecule is O=C(CSC1CCCC1)N1CCN(C(=O)[C@H]2C[C@@H]2c2cccc(O)c2)CC1. The molecule has 3 aliphatic rings.